The quantitative estimate of drug-likeness (QED) is 0.912. The maximum absolute atomic E-state index is 12.5. The van der Waals surface area contributed by atoms with Gasteiger partial charge in [-0.05, 0) is 28.1 Å². The highest BCUT2D eigenvalue weighted by molar-refractivity contribution is 9.10. The summed E-state index contributed by atoms with van der Waals surface area (Å²) in [5, 5.41) is 0. The molecule has 0 atom stereocenters. The van der Waals surface area contributed by atoms with Crippen LogP contribution in [0.4, 0.5) is 13.2 Å². The summed E-state index contributed by atoms with van der Waals surface area (Å²) >= 11 is 3.26. The molecule has 1 aromatic carbocycles. The van der Waals surface area contributed by atoms with Crippen LogP contribution in [0.2, 0.25) is 0 Å². The normalized spacial score (nSPS) is 11.6. The standard InChI is InChI=1S/C11H8BrF3N2O/c1-18-7-4-2-3-6(12)9(7)10-16-5-8(17-10)11(13,14)15/h2-5H,1H3,(H,16,17). The minimum absolute atomic E-state index is 0.103. The molecule has 96 valence electrons. The fourth-order valence-electron chi connectivity index (χ4n) is 1.50. The summed E-state index contributed by atoms with van der Waals surface area (Å²) in [4.78, 5) is 5.98. The highest BCUT2D eigenvalue weighted by Gasteiger charge is 2.33. The summed E-state index contributed by atoms with van der Waals surface area (Å²) in [6.45, 7) is 0. The molecule has 7 heteroatoms. The Morgan fingerprint density at radius 1 is 1.33 bits per heavy atom. The van der Waals surface area contributed by atoms with Gasteiger partial charge in [0.15, 0.2) is 0 Å². The van der Waals surface area contributed by atoms with Crippen molar-refractivity contribution in [3.05, 3.63) is 34.6 Å². The molecular weight excluding hydrogens is 313 g/mol. The molecule has 0 radical (unpaired) electrons. The lowest BCUT2D eigenvalue weighted by atomic mass is 10.2. The number of ether oxygens (including phenoxy) is 1. The van der Waals surface area contributed by atoms with Gasteiger partial charge < -0.3 is 9.72 Å². The first-order valence-electron chi connectivity index (χ1n) is 4.88. The van der Waals surface area contributed by atoms with Gasteiger partial charge in [0, 0.05) is 4.47 Å². The molecule has 3 nitrogen and oxygen atoms in total. The molecule has 18 heavy (non-hydrogen) atoms. The Labute approximate surface area is 109 Å². The summed E-state index contributed by atoms with van der Waals surface area (Å²) in [6, 6.07) is 5.07. The van der Waals surface area contributed by atoms with Crippen molar-refractivity contribution in [1.29, 1.82) is 0 Å². The fourth-order valence-corrected chi connectivity index (χ4v) is 2.03. The number of aromatic amines is 1. The number of methoxy groups -OCH3 is 1. The lowest BCUT2D eigenvalue weighted by Gasteiger charge is -2.08. The highest BCUT2D eigenvalue weighted by Crippen LogP contribution is 2.36. The van der Waals surface area contributed by atoms with Crippen molar-refractivity contribution in [3.63, 3.8) is 0 Å². The number of hydrogen-bond donors (Lipinski definition) is 1. The largest absolute Gasteiger partial charge is 0.496 e. The predicted octanol–water partition coefficient (Wildman–Crippen LogP) is 3.87. The Morgan fingerprint density at radius 2 is 2.06 bits per heavy atom. The molecule has 2 rings (SSSR count). The molecule has 0 aliphatic rings. The smallest absolute Gasteiger partial charge is 0.432 e. The zero-order chi connectivity index (χ0) is 13.3. The van der Waals surface area contributed by atoms with Crippen LogP contribution in [-0.2, 0) is 6.18 Å². The average molecular weight is 321 g/mol. The molecule has 1 N–H and O–H groups in total. The van der Waals surface area contributed by atoms with Crippen molar-refractivity contribution in [2.45, 2.75) is 6.18 Å². The number of halogens is 4. The van der Waals surface area contributed by atoms with E-state index in [9.17, 15) is 13.2 Å². The molecule has 1 heterocycles. The summed E-state index contributed by atoms with van der Waals surface area (Å²) in [5.74, 6) is 0.541. The van der Waals surface area contributed by atoms with Crippen LogP contribution in [0.25, 0.3) is 11.4 Å². The van der Waals surface area contributed by atoms with Crippen LogP contribution in [0, 0.1) is 0 Å². The van der Waals surface area contributed by atoms with E-state index in [4.69, 9.17) is 4.74 Å². The summed E-state index contributed by atoms with van der Waals surface area (Å²) in [7, 11) is 1.44. The van der Waals surface area contributed by atoms with Crippen LogP contribution >= 0.6 is 15.9 Å². The molecule has 2 aromatic rings. The van der Waals surface area contributed by atoms with Gasteiger partial charge in [0.1, 0.15) is 17.3 Å². The van der Waals surface area contributed by atoms with E-state index in [0.29, 0.717) is 15.8 Å². The van der Waals surface area contributed by atoms with E-state index < -0.39 is 11.9 Å². The Balaban J connectivity index is 2.53. The molecule has 0 saturated heterocycles. The fraction of sp³-hybridized carbons (Fsp3) is 0.182. The minimum Gasteiger partial charge on any atom is -0.496 e. The van der Waals surface area contributed by atoms with E-state index >= 15 is 0 Å². The van der Waals surface area contributed by atoms with Crippen LogP contribution < -0.4 is 4.74 Å². The zero-order valence-electron chi connectivity index (χ0n) is 9.18. The Kier molecular flexibility index (Phi) is 3.34. The van der Waals surface area contributed by atoms with Crippen LogP contribution in [-0.4, -0.2) is 17.1 Å². The van der Waals surface area contributed by atoms with Gasteiger partial charge in [-0.2, -0.15) is 13.2 Å². The lowest BCUT2D eigenvalue weighted by molar-refractivity contribution is -0.140. The zero-order valence-corrected chi connectivity index (χ0v) is 10.8. The number of H-pyrrole nitrogens is 1. The van der Waals surface area contributed by atoms with E-state index in [1.165, 1.54) is 7.11 Å². The van der Waals surface area contributed by atoms with Gasteiger partial charge in [0.05, 0.1) is 18.9 Å². The number of rotatable bonds is 2. The first-order chi connectivity index (χ1) is 8.43. The van der Waals surface area contributed by atoms with Gasteiger partial charge in [0.25, 0.3) is 0 Å². The summed E-state index contributed by atoms with van der Waals surface area (Å²) < 4.78 is 43.2. The van der Waals surface area contributed by atoms with E-state index in [1.54, 1.807) is 18.2 Å². The van der Waals surface area contributed by atoms with E-state index in [0.717, 1.165) is 6.20 Å². The first-order valence-corrected chi connectivity index (χ1v) is 5.68. The Bertz CT molecular complexity index is 566. The first kappa shape index (κ1) is 12.9. The molecule has 0 fully saturated rings. The second-order valence-corrected chi connectivity index (χ2v) is 4.31. The van der Waals surface area contributed by atoms with E-state index in [-0.39, 0.29) is 5.82 Å². The number of benzene rings is 1. The van der Waals surface area contributed by atoms with Crippen molar-refractivity contribution < 1.29 is 17.9 Å². The maximum atomic E-state index is 12.5. The van der Waals surface area contributed by atoms with Crippen LogP contribution in [0.3, 0.4) is 0 Å². The van der Waals surface area contributed by atoms with Crippen LogP contribution in [0.5, 0.6) is 5.75 Å². The third-order valence-electron chi connectivity index (χ3n) is 2.31. The average Bonchev–Trinajstić information content (AvgIpc) is 2.77. The lowest BCUT2D eigenvalue weighted by Crippen LogP contribution is -2.04. The molecule has 0 bridgehead atoms. The Morgan fingerprint density at radius 3 is 2.61 bits per heavy atom. The van der Waals surface area contributed by atoms with Crippen molar-refractivity contribution in [1.82, 2.24) is 9.97 Å². The van der Waals surface area contributed by atoms with Crippen molar-refractivity contribution in [2.24, 2.45) is 0 Å². The minimum atomic E-state index is -4.44. The third-order valence-corrected chi connectivity index (χ3v) is 2.97. The van der Waals surface area contributed by atoms with Crippen molar-refractivity contribution >= 4 is 15.9 Å². The monoisotopic (exact) mass is 320 g/mol. The van der Waals surface area contributed by atoms with Gasteiger partial charge >= 0.3 is 6.18 Å². The second-order valence-electron chi connectivity index (χ2n) is 3.46. The molecule has 0 saturated carbocycles. The molecule has 1 aromatic heterocycles. The second kappa shape index (κ2) is 4.64. The SMILES string of the molecule is COc1cccc(Br)c1-c1ncc(C(F)(F)F)[nH]1. The van der Waals surface area contributed by atoms with Crippen molar-refractivity contribution in [3.8, 4) is 17.1 Å². The molecule has 0 spiro atoms. The third kappa shape index (κ3) is 2.35. The van der Waals surface area contributed by atoms with Gasteiger partial charge in [0.2, 0.25) is 0 Å². The van der Waals surface area contributed by atoms with Gasteiger partial charge in [-0.25, -0.2) is 4.98 Å². The van der Waals surface area contributed by atoms with Crippen molar-refractivity contribution in [2.75, 3.05) is 7.11 Å². The van der Waals surface area contributed by atoms with E-state index in [2.05, 4.69) is 25.9 Å². The summed E-state index contributed by atoms with van der Waals surface area (Å²) in [6.07, 6.45) is -3.69. The van der Waals surface area contributed by atoms with Crippen LogP contribution in [0.15, 0.2) is 28.9 Å². The predicted molar refractivity (Wildman–Crippen MR) is 63.3 cm³/mol. The highest BCUT2D eigenvalue weighted by atomic mass is 79.9. The Hall–Kier alpha value is -1.50. The number of nitrogens with one attached hydrogen (secondary N) is 1. The summed E-state index contributed by atoms with van der Waals surface area (Å²) in [5.41, 5.74) is -0.439. The van der Waals surface area contributed by atoms with Gasteiger partial charge in [-0.1, -0.05) is 6.07 Å². The number of hydrogen-bond acceptors (Lipinski definition) is 2. The number of nitrogens with zero attached hydrogens (tertiary/aromatic N) is 1. The van der Waals surface area contributed by atoms with Crippen LogP contribution in [0.1, 0.15) is 5.69 Å². The number of imidazole rings is 1. The molecule has 0 aliphatic carbocycles. The molecule has 0 aliphatic heterocycles. The molecule has 0 unspecified atom stereocenters. The van der Waals surface area contributed by atoms with Gasteiger partial charge in [-0.15, -0.1) is 0 Å². The number of alkyl halides is 3. The number of aromatic nitrogens is 2. The van der Waals surface area contributed by atoms with E-state index in [1.807, 2.05) is 0 Å². The molecular formula is C11H8BrF3N2O. The topological polar surface area (TPSA) is 37.9 Å². The molecule has 0 amide bonds. The van der Waals surface area contributed by atoms with Gasteiger partial charge in [-0.3, -0.25) is 0 Å². The maximum Gasteiger partial charge on any atom is 0.432 e.